The molecule has 2 saturated heterocycles. The van der Waals surface area contributed by atoms with Crippen molar-refractivity contribution >= 4 is 11.6 Å². The molecule has 0 spiro atoms. The van der Waals surface area contributed by atoms with Crippen molar-refractivity contribution in [2.24, 2.45) is 0 Å². The molecule has 0 unspecified atom stereocenters. The largest absolute Gasteiger partial charge is 0.376 e. The summed E-state index contributed by atoms with van der Waals surface area (Å²) in [4.78, 5) is 4.87. The smallest absolute Gasteiger partial charge is 0.173 e. The van der Waals surface area contributed by atoms with E-state index in [0.29, 0.717) is 6.54 Å². The first-order chi connectivity index (χ1) is 13.7. The van der Waals surface area contributed by atoms with Crippen molar-refractivity contribution in [3.63, 3.8) is 0 Å². The number of benzene rings is 1. The Kier molecular flexibility index (Phi) is 6.36. The highest BCUT2D eigenvalue weighted by Crippen LogP contribution is 2.29. The second-order valence-corrected chi connectivity index (χ2v) is 7.87. The van der Waals surface area contributed by atoms with Gasteiger partial charge in [0, 0.05) is 44.4 Å². The molecule has 0 N–H and O–H groups in total. The minimum absolute atomic E-state index is 0.000416. The van der Waals surface area contributed by atoms with Crippen molar-refractivity contribution in [3.8, 4) is 0 Å². The van der Waals surface area contributed by atoms with Crippen LogP contribution in [0, 0.1) is 0 Å². The zero-order chi connectivity index (χ0) is 19.3. The molecular weight excluding hydrogens is 376 g/mol. The topological polar surface area (TPSA) is 59.3 Å². The highest BCUT2D eigenvalue weighted by Gasteiger charge is 2.31. The van der Waals surface area contributed by atoms with Gasteiger partial charge in [-0.15, -0.1) is 11.7 Å². The van der Waals surface area contributed by atoms with Gasteiger partial charge in [-0.05, 0) is 41.0 Å². The predicted octanol–water partition coefficient (Wildman–Crippen LogP) is 2.40. The molecule has 1 aromatic heterocycles. The van der Waals surface area contributed by atoms with Crippen molar-refractivity contribution < 1.29 is 4.74 Å². The van der Waals surface area contributed by atoms with Crippen LogP contribution in [0.15, 0.2) is 36.9 Å². The first kappa shape index (κ1) is 19.5. The van der Waals surface area contributed by atoms with E-state index in [-0.39, 0.29) is 12.1 Å². The molecule has 7 nitrogen and oxygen atoms in total. The van der Waals surface area contributed by atoms with E-state index in [1.807, 2.05) is 22.9 Å². The Morgan fingerprint density at radius 2 is 2.00 bits per heavy atom. The second kappa shape index (κ2) is 9.13. The van der Waals surface area contributed by atoms with Gasteiger partial charge in [-0.25, -0.2) is 4.68 Å². The third-order valence-electron chi connectivity index (χ3n) is 5.55. The Bertz CT molecular complexity index is 765. The third kappa shape index (κ3) is 4.43. The van der Waals surface area contributed by atoms with Crippen molar-refractivity contribution in [2.45, 2.75) is 31.5 Å². The summed E-state index contributed by atoms with van der Waals surface area (Å²) >= 11 is 6.13. The first-order valence-electron chi connectivity index (χ1n) is 9.95. The average molecular weight is 403 g/mol. The summed E-state index contributed by atoms with van der Waals surface area (Å²) in [6.07, 6.45) is 4.32. The summed E-state index contributed by atoms with van der Waals surface area (Å²) in [5.74, 6) is 0.870. The number of rotatable bonds is 7. The lowest BCUT2D eigenvalue weighted by molar-refractivity contribution is 0.0868. The summed E-state index contributed by atoms with van der Waals surface area (Å²) in [7, 11) is 0. The number of nitrogens with zero attached hydrogens (tertiary/aromatic N) is 6. The van der Waals surface area contributed by atoms with Crippen LogP contribution in [0.3, 0.4) is 0 Å². The van der Waals surface area contributed by atoms with Gasteiger partial charge in [-0.3, -0.25) is 9.80 Å². The number of tetrazole rings is 1. The maximum atomic E-state index is 6.13. The molecule has 2 atom stereocenters. The van der Waals surface area contributed by atoms with E-state index in [1.165, 1.54) is 0 Å². The fourth-order valence-electron chi connectivity index (χ4n) is 4.07. The zero-order valence-corrected chi connectivity index (χ0v) is 16.8. The Balaban J connectivity index is 1.60. The van der Waals surface area contributed by atoms with Crippen molar-refractivity contribution in [1.82, 2.24) is 30.0 Å². The van der Waals surface area contributed by atoms with Crippen LogP contribution in [0.2, 0.25) is 5.02 Å². The molecule has 28 heavy (non-hydrogen) atoms. The number of ether oxygens (including phenoxy) is 1. The summed E-state index contributed by atoms with van der Waals surface area (Å²) in [6.45, 7) is 10.2. The molecule has 0 radical (unpaired) electrons. The molecular formula is C20H27ClN6O. The Hall–Kier alpha value is -1.80. The molecule has 0 aliphatic carbocycles. The molecule has 2 fully saturated rings. The number of hydrogen-bond donors (Lipinski definition) is 0. The summed E-state index contributed by atoms with van der Waals surface area (Å²) in [6, 6.07) is 8.03. The van der Waals surface area contributed by atoms with E-state index >= 15 is 0 Å². The lowest BCUT2D eigenvalue weighted by Gasteiger charge is -2.38. The third-order valence-corrected chi connectivity index (χ3v) is 5.80. The van der Waals surface area contributed by atoms with Gasteiger partial charge in [0.1, 0.15) is 0 Å². The van der Waals surface area contributed by atoms with Crippen LogP contribution in [0.1, 0.15) is 30.3 Å². The number of halogens is 1. The molecule has 8 heteroatoms. The van der Waals surface area contributed by atoms with Crippen LogP contribution in [0.4, 0.5) is 0 Å². The lowest BCUT2D eigenvalue weighted by Crippen LogP contribution is -2.48. The first-order valence-corrected chi connectivity index (χ1v) is 10.3. The van der Waals surface area contributed by atoms with Crippen LogP contribution in [0.5, 0.6) is 0 Å². The number of aromatic nitrogens is 4. The molecule has 2 aliphatic heterocycles. The minimum Gasteiger partial charge on any atom is -0.376 e. The van der Waals surface area contributed by atoms with Crippen molar-refractivity contribution in [3.05, 3.63) is 53.3 Å². The highest BCUT2D eigenvalue weighted by molar-refractivity contribution is 6.30. The van der Waals surface area contributed by atoms with Gasteiger partial charge in [0.2, 0.25) is 0 Å². The van der Waals surface area contributed by atoms with Crippen molar-refractivity contribution in [1.29, 1.82) is 0 Å². The molecule has 2 aromatic rings. The van der Waals surface area contributed by atoms with Crippen LogP contribution < -0.4 is 0 Å². The summed E-state index contributed by atoms with van der Waals surface area (Å²) in [5, 5.41) is 13.4. The van der Waals surface area contributed by atoms with E-state index < -0.39 is 0 Å². The predicted molar refractivity (Wildman–Crippen MR) is 108 cm³/mol. The van der Waals surface area contributed by atoms with E-state index in [9.17, 15) is 0 Å². The molecule has 1 aromatic carbocycles. The number of hydrogen-bond acceptors (Lipinski definition) is 6. The van der Waals surface area contributed by atoms with Gasteiger partial charge in [0.25, 0.3) is 0 Å². The molecule has 2 aliphatic rings. The molecule has 3 heterocycles. The van der Waals surface area contributed by atoms with E-state index in [0.717, 1.165) is 68.6 Å². The quantitative estimate of drug-likeness (QED) is 0.663. The molecule has 0 amide bonds. The molecule has 0 bridgehead atoms. The maximum Gasteiger partial charge on any atom is 0.173 e. The lowest BCUT2D eigenvalue weighted by atomic mass is 10.0. The van der Waals surface area contributed by atoms with Gasteiger partial charge >= 0.3 is 0 Å². The standard InChI is InChI=1S/C20H27ClN6O/c1-2-9-25-10-12-26(13-11-25)19(16-5-7-17(21)8-6-16)20-22-23-24-27(20)15-18-4-3-14-28-18/h2,5-8,18-19H,1,3-4,9-15H2/t18-,19-/m1/s1. The number of piperazine rings is 1. The van der Waals surface area contributed by atoms with Gasteiger partial charge in [0.15, 0.2) is 5.82 Å². The normalized spacial score (nSPS) is 22.4. The second-order valence-electron chi connectivity index (χ2n) is 7.43. The van der Waals surface area contributed by atoms with Crippen LogP contribution in [0.25, 0.3) is 0 Å². The van der Waals surface area contributed by atoms with Crippen LogP contribution in [-0.2, 0) is 11.3 Å². The molecule has 4 rings (SSSR count). The zero-order valence-electron chi connectivity index (χ0n) is 16.1. The molecule has 150 valence electrons. The van der Waals surface area contributed by atoms with E-state index in [2.05, 4.69) is 44.0 Å². The fraction of sp³-hybridized carbons (Fsp3) is 0.550. The fourth-order valence-corrected chi connectivity index (χ4v) is 4.20. The molecule has 0 saturated carbocycles. The summed E-state index contributed by atoms with van der Waals surface area (Å²) < 4.78 is 7.73. The van der Waals surface area contributed by atoms with Gasteiger partial charge in [-0.2, -0.15) is 0 Å². The maximum absolute atomic E-state index is 6.13. The Labute approximate surface area is 170 Å². The van der Waals surface area contributed by atoms with Crippen LogP contribution in [-0.4, -0.2) is 75.4 Å². The Morgan fingerprint density at radius 3 is 2.68 bits per heavy atom. The van der Waals surface area contributed by atoms with Gasteiger partial charge in [-0.1, -0.05) is 29.8 Å². The highest BCUT2D eigenvalue weighted by atomic mass is 35.5. The van der Waals surface area contributed by atoms with E-state index in [4.69, 9.17) is 16.3 Å². The SMILES string of the molecule is C=CCN1CCN([C@H](c2ccc(Cl)cc2)c2nnnn2C[C@H]2CCCO2)CC1. The summed E-state index contributed by atoms with van der Waals surface area (Å²) in [5.41, 5.74) is 1.16. The van der Waals surface area contributed by atoms with Crippen LogP contribution >= 0.6 is 11.6 Å². The monoisotopic (exact) mass is 402 g/mol. The van der Waals surface area contributed by atoms with Gasteiger partial charge in [0.05, 0.1) is 18.7 Å². The van der Waals surface area contributed by atoms with Gasteiger partial charge < -0.3 is 4.74 Å². The average Bonchev–Trinajstić information content (AvgIpc) is 3.38. The Morgan fingerprint density at radius 1 is 1.21 bits per heavy atom. The van der Waals surface area contributed by atoms with E-state index in [1.54, 1.807) is 0 Å². The van der Waals surface area contributed by atoms with Crippen molar-refractivity contribution in [2.75, 3.05) is 39.3 Å². The minimum atomic E-state index is -0.000416.